The van der Waals surface area contributed by atoms with Crippen molar-refractivity contribution in [3.05, 3.63) is 56.5 Å². The van der Waals surface area contributed by atoms with Gasteiger partial charge in [-0.25, -0.2) is 9.37 Å². The van der Waals surface area contributed by atoms with Gasteiger partial charge in [0, 0.05) is 18.7 Å². The van der Waals surface area contributed by atoms with Crippen LogP contribution < -0.4 is 10.5 Å². The van der Waals surface area contributed by atoms with E-state index in [0.29, 0.717) is 17.2 Å². The third-order valence-electron chi connectivity index (χ3n) is 4.60. The molecule has 1 saturated heterocycles. The molecule has 3 aromatic rings. The van der Waals surface area contributed by atoms with Crippen LogP contribution in [0.2, 0.25) is 5.02 Å². The van der Waals surface area contributed by atoms with Gasteiger partial charge in [0.05, 0.1) is 22.7 Å². The number of hydrogen-bond acceptors (Lipinski definition) is 6. The van der Waals surface area contributed by atoms with E-state index in [9.17, 15) is 9.18 Å². The van der Waals surface area contributed by atoms with Gasteiger partial charge in [-0.2, -0.15) is 4.98 Å². The number of hydrogen-bond donors (Lipinski definition) is 1. The van der Waals surface area contributed by atoms with Crippen molar-refractivity contribution in [1.82, 2.24) is 20.1 Å². The predicted octanol–water partition coefficient (Wildman–Crippen LogP) is 3.11. The predicted molar refractivity (Wildman–Crippen MR) is 98.5 cm³/mol. The van der Waals surface area contributed by atoms with E-state index < -0.39 is 5.82 Å². The van der Waals surface area contributed by atoms with Crippen molar-refractivity contribution >= 4 is 17.5 Å². The molecule has 0 amide bonds. The van der Waals surface area contributed by atoms with E-state index in [-0.39, 0.29) is 34.3 Å². The summed E-state index contributed by atoms with van der Waals surface area (Å²) >= 11 is 5.79. The Morgan fingerprint density at radius 1 is 1.30 bits per heavy atom. The normalized spacial score (nSPS) is 14.1. The lowest BCUT2D eigenvalue weighted by Gasteiger charge is -2.16. The van der Waals surface area contributed by atoms with Gasteiger partial charge in [-0.05, 0) is 31.9 Å². The molecule has 0 aliphatic carbocycles. The maximum absolute atomic E-state index is 14.1. The molecule has 3 heterocycles. The van der Waals surface area contributed by atoms with Crippen molar-refractivity contribution in [2.45, 2.75) is 26.2 Å². The first kappa shape index (κ1) is 17.7. The molecule has 0 spiro atoms. The molecule has 4 rings (SSSR count). The zero-order valence-electron chi connectivity index (χ0n) is 14.6. The zero-order chi connectivity index (χ0) is 19.0. The smallest absolute Gasteiger partial charge is 0.256 e. The van der Waals surface area contributed by atoms with Crippen molar-refractivity contribution < 1.29 is 8.91 Å². The fraction of sp³-hybridized carbons (Fsp3) is 0.333. The molecule has 2 aromatic heterocycles. The molecule has 1 aliphatic rings. The number of anilines is 1. The minimum absolute atomic E-state index is 0.0205. The standard InChI is InChI=1S/C18H17ClFN5O2/c1-10-12(17(26)23-18(21-10)25-7-2-3-8-25)9-14-22-16(24-27-14)11-5-4-6-13(19)15(11)20/h4-6H,2-3,7-9H2,1H3,(H,21,23,26). The summed E-state index contributed by atoms with van der Waals surface area (Å²) in [4.78, 5) is 26.1. The maximum Gasteiger partial charge on any atom is 0.256 e. The molecular weight excluding hydrogens is 373 g/mol. The monoisotopic (exact) mass is 389 g/mol. The van der Waals surface area contributed by atoms with Crippen LogP contribution in [0.1, 0.15) is 30.0 Å². The second-order valence-electron chi connectivity index (χ2n) is 6.44. The summed E-state index contributed by atoms with van der Waals surface area (Å²) in [7, 11) is 0. The van der Waals surface area contributed by atoms with Crippen LogP contribution in [-0.2, 0) is 6.42 Å². The molecule has 0 unspecified atom stereocenters. The number of H-pyrrole nitrogens is 1. The Balaban J connectivity index is 1.61. The Labute approximate surface area is 159 Å². The van der Waals surface area contributed by atoms with Gasteiger partial charge in [-0.3, -0.25) is 9.78 Å². The molecule has 0 bridgehead atoms. The third kappa shape index (κ3) is 3.44. The van der Waals surface area contributed by atoms with Crippen molar-refractivity contribution in [2.24, 2.45) is 0 Å². The van der Waals surface area contributed by atoms with E-state index >= 15 is 0 Å². The molecule has 1 N–H and O–H groups in total. The Morgan fingerprint density at radius 3 is 2.81 bits per heavy atom. The summed E-state index contributed by atoms with van der Waals surface area (Å²) in [6.45, 7) is 3.55. The highest BCUT2D eigenvalue weighted by Gasteiger charge is 2.20. The molecule has 1 aliphatic heterocycles. The van der Waals surface area contributed by atoms with Crippen molar-refractivity contribution in [1.29, 1.82) is 0 Å². The molecule has 0 saturated carbocycles. The lowest BCUT2D eigenvalue weighted by atomic mass is 10.1. The highest BCUT2D eigenvalue weighted by Crippen LogP contribution is 2.25. The largest absolute Gasteiger partial charge is 0.342 e. The first-order valence-corrected chi connectivity index (χ1v) is 9.02. The van der Waals surface area contributed by atoms with Crippen LogP contribution in [0.15, 0.2) is 27.5 Å². The second kappa shape index (κ2) is 7.11. The van der Waals surface area contributed by atoms with Crippen LogP contribution in [0.25, 0.3) is 11.4 Å². The van der Waals surface area contributed by atoms with Crippen molar-refractivity contribution in [3.63, 3.8) is 0 Å². The van der Waals surface area contributed by atoms with E-state index in [0.717, 1.165) is 25.9 Å². The molecule has 140 valence electrons. The average molecular weight is 390 g/mol. The van der Waals surface area contributed by atoms with Gasteiger partial charge in [-0.1, -0.05) is 22.8 Å². The summed E-state index contributed by atoms with van der Waals surface area (Å²) in [5, 5.41) is 3.78. The summed E-state index contributed by atoms with van der Waals surface area (Å²) in [6.07, 6.45) is 2.30. The Kier molecular flexibility index (Phi) is 4.65. The average Bonchev–Trinajstić information content (AvgIpc) is 3.32. The van der Waals surface area contributed by atoms with Crippen LogP contribution in [0.5, 0.6) is 0 Å². The molecule has 0 radical (unpaired) electrons. The van der Waals surface area contributed by atoms with Gasteiger partial charge in [0.2, 0.25) is 17.7 Å². The molecule has 1 aromatic carbocycles. The van der Waals surface area contributed by atoms with E-state index in [4.69, 9.17) is 16.1 Å². The van der Waals surface area contributed by atoms with Crippen LogP contribution in [0.3, 0.4) is 0 Å². The summed E-state index contributed by atoms with van der Waals surface area (Å²) in [5.41, 5.74) is 0.956. The fourth-order valence-electron chi connectivity index (χ4n) is 3.15. The number of aromatic amines is 1. The number of rotatable bonds is 4. The van der Waals surface area contributed by atoms with Crippen molar-refractivity contribution in [3.8, 4) is 11.4 Å². The molecule has 9 heteroatoms. The number of nitrogens with zero attached hydrogens (tertiary/aromatic N) is 4. The summed E-state index contributed by atoms with van der Waals surface area (Å²) in [5.74, 6) is 0.262. The fourth-order valence-corrected chi connectivity index (χ4v) is 3.32. The van der Waals surface area contributed by atoms with Gasteiger partial charge in [0.15, 0.2) is 5.82 Å². The highest BCUT2D eigenvalue weighted by molar-refractivity contribution is 6.31. The number of aryl methyl sites for hydroxylation is 1. The van der Waals surface area contributed by atoms with Crippen molar-refractivity contribution in [2.75, 3.05) is 18.0 Å². The molecule has 7 nitrogen and oxygen atoms in total. The first-order valence-electron chi connectivity index (χ1n) is 8.64. The van der Waals surface area contributed by atoms with E-state index in [2.05, 4.69) is 25.0 Å². The number of aromatic nitrogens is 4. The van der Waals surface area contributed by atoms with Crippen LogP contribution in [0, 0.1) is 12.7 Å². The third-order valence-corrected chi connectivity index (χ3v) is 4.90. The lowest BCUT2D eigenvalue weighted by Crippen LogP contribution is -2.26. The van der Waals surface area contributed by atoms with E-state index in [1.807, 2.05) is 0 Å². The van der Waals surface area contributed by atoms with Crippen LogP contribution in [-0.4, -0.2) is 33.2 Å². The minimum Gasteiger partial charge on any atom is -0.342 e. The Bertz CT molecular complexity index is 1040. The molecule has 0 atom stereocenters. The highest BCUT2D eigenvalue weighted by atomic mass is 35.5. The van der Waals surface area contributed by atoms with Gasteiger partial charge in [0.1, 0.15) is 0 Å². The van der Waals surface area contributed by atoms with Gasteiger partial charge in [-0.15, -0.1) is 0 Å². The van der Waals surface area contributed by atoms with Gasteiger partial charge in [0.25, 0.3) is 5.56 Å². The number of halogens is 2. The maximum atomic E-state index is 14.1. The van der Waals surface area contributed by atoms with Gasteiger partial charge >= 0.3 is 0 Å². The molecular formula is C18H17ClFN5O2. The second-order valence-corrected chi connectivity index (χ2v) is 6.84. The Hall–Kier alpha value is -2.74. The molecule has 1 fully saturated rings. The summed E-state index contributed by atoms with van der Waals surface area (Å²) < 4.78 is 19.3. The van der Waals surface area contributed by atoms with Crippen LogP contribution >= 0.6 is 11.6 Å². The first-order chi connectivity index (χ1) is 13.0. The number of benzene rings is 1. The van der Waals surface area contributed by atoms with E-state index in [1.54, 1.807) is 13.0 Å². The van der Waals surface area contributed by atoms with Gasteiger partial charge < -0.3 is 9.42 Å². The topological polar surface area (TPSA) is 87.9 Å². The Morgan fingerprint density at radius 2 is 2.07 bits per heavy atom. The van der Waals surface area contributed by atoms with Crippen LogP contribution in [0.4, 0.5) is 10.3 Å². The number of nitrogens with one attached hydrogen (secondary N) is 1. The SMILES string of the molecule is Cc1nc(N2CCCC2)[nH]c(=O)c1Cc1nc(-c2cccc(Cl)c2F)no1. The zero-order valence-corrected chi connectivity index (χ0v) is 15.4. The minimum atomic E-state index is -0.614. The quantitative estimate of drug-likeness (QED) is 0.737. The molecule has 27 heavy (non-hydrogen) atoms. The van der Waals surface area contributed by atoms with E-state index in [1.165, 1.54) is 12.1 Å². The summed E-state index contributed by atoms with van der Waals surface area (Å²) in [6, 6.07) is 4.56. The lowest BCUT2D eigenvalue weighted by molar-refractivity contribution is 0.385.